The number of β-amino-alcohol motifs (C(OH)–C–C–N with tert-alkyl or cyclic N) is 1. The summed E-state index contributed by atoms with van der Waals surface area (Å²) in [5.74, 6) is -0.0979. The lowest BCUT2D eigenvalue weighted by atomic mass is 9.89. The average Bonchev–Trinajstić information content (AvgIpc) is 3.10. The third-order valence-corrected chi connectivity index (χ3v) is 4.20. The molecule has 1 aliphatic heterocycles. The molecule has 0 radical (unpaired) electrons. The molecule has 2 heterocycles. The van der Waals surface area contributed by atoms with Gasteiger partial charge in [0.2, 0.25) is 0 Å². The van der Waals surface area contributed by atoms with Crippen LogP contribution in [0.2, 0.25) is 0 Å². The highest BCUT2D eigenvalue weighted by molar-refractivity contribution is 5.95. The molecular weight excluding hydrogens is 296 g/mol. The standard InChI is InChI=1S/C16H20N4O3/c1-23-10-12-5-2-3-6-13(12)15(21)20-8-4-7-16(22,11-20)14-9-17-19-18-14/h2-3,5-6,9,22H,4,7-8,10-11H2,1H3,(H,17,18,19)/t16-/m0/s1. The van der Waals surface area contributed by atoms with Gasteiger partial charge in [0.05, 0.1) is 19.3 Å². The molecule has 122 valence electrons. The van der Waals surface area contributed by atoms with Crippen LogP contribution < -0.4 is 0 Å². The van der Waals surface area contributed by atoms with Crippen molar-refractivity contribution >= 4 is 5.91 Å². The van der Waals surface area contributed by atoms with Gasteiger partial charge in [-0.2, -0.15) is 15.4 Å². The smallest absolute Gasteiger partial charge is 0.254 e. The highest BCUT2D eigenvalue weighted by Gasteiger charge is 2.39. The summed E-state index contributed by atoms with van der Waals surface area (Å²) in [5.41, 5.74) is 0.770. The minimum atomic E-state index is -1.16. The highest BCUT2D eigenvalue weighted by atomic mass is 16.5. The van der Waals surface area contributed by atoms with Gasteiger partial charge in [-0.25, -0.2) is 0 Å². The Morgan fingerprint density at radius 1 is 1.48 bits per heavy atom. The number of hydrogen-bond donors (Lipinski definition) is 2. The molecule has 1 aliphatic rings. The second-order valence-electron chi connectivity index (χ2n) is 5.81. The van der Waals surface area contributed by atoms with Crippen LogP contribution in [0.25, 0.3) is 0 Å². The molecule has 1 atom stereocenters. The number of hydrogen-bond acceptors (Lipinski definition) is 5. The number of carbonyl (C=O) groups excluding carboxylic acids is 1. The molecule has 7 heteroatoms. The van der Waals surface area contributed by atoms with E-state index in [1.165, 1.54) is 6.20 Å². The molecular formula is C16H20N4O3. The van der Waals surface area contributed by atoms with Crippen molar-refractivity contribution in [1.82, 2.24) is 20.3 Å². The summed E-state index contributed by atoms with van der Waals surface area (Å²) in [7, 11) is 1.60. The largest absolute Gasteiger partial charge is 0.382 e. The molecule has 2 aromatic rings. The molecule has 1 aromatic heterocycles. The molecule has 0 bridgehead atoms. The molecule has 3 rings (SSSR count). The van der Waals surface area contributed by atoms with Crippen molar-refractivity contribution in [2.45, 2.75) is 25.0 Å². The second kappa shape index (κ2) is 6.47. The van der Waals surface area contributed by atoms with E-state index in [9.17, 15) is 9.90 Å². The maximum atomic E-state index is 12.9. The Balaban J connectivity index is 1.83. The van der Waals surface area contributed by atoms with Gasteiger partial charge in [0.15, 0.2) is 0 Å². The fourth-order valence-corrected chi connectivity index (χ4v) is 3.03. The number of nitrogens with one attached hydrogen (secondary N) is 1. The maximum Gasteiger partial charge on any atom is 0.254 e. The number of likely N-dealkylation sites (tertiary alicyclic amines) is 1. The van der Waals surface area contributed by atoms with Gasteiger partial charge in [0.25, 0.3) is 5.91 Å². The highest BCUT2D eigenvalue weighted by Crippen LogP contribution is 2.30. The minimum absolute atomic E-state index is 0.0979. The molecule has 0 saturated carbocycles. The molecule has 23 heavy (non-hydrogen) atoms. The van der Waals surface area contributed by atoms with Crippen molar-refractivity contribution in [3.05, 3.63) is 47.3 Å². The first kappa shape index (κ1) is 15.6. The SMILES string of the molecule is COCc1ccccc1C(=O)N1CCC[C@@](O)(c2cn[nH]n2)C1. The second-order valence-corrected chi connectivity index (χ2v) is 5.81. The van der Waals surface area contributed by atoms with Crippen LogP contribution in [0.1, 0.15) is 34.5 Å². The van der Waals surface area contributed by atoms with Gasteiger partial charge in [0, 0.05) is 19.2 Å². The first-order valence-electron chi connectivity index (χ1n) is 7.59. The molecule has 0 spiro atoms. The lowest BCUT2D eigenvalue weighted by Crippen LogP contribution is -2.49. The number of H-pyrrole nitrogens is 1. The van der Waals surface area contributed by atoms with Crippen LogP contribution in [0.15, 0.2) is 30.5 Å². The molecule has 7 nitrogen and oxygen atoms in total. The van der Waals surface area contributed by atoms with Crippen LogP contribution in [0, 0.1) is 0 Å². The van der Waals surface area contributed by atoms with Gasteiger partial charge in [0.1, 0.15) is 11.3 Å². The fourth-order valence-electron chi connectivity index (χ4n) is 3.03. The predicted octanol–water partition coefficient (Wildman–Crippen LogP) is 1.07. The Kier molecular flexibility index (Phi) is 4.40. The van der Waals surface area contributed by atoms with Crippen molar-refractivity contribution in [2.75, 3.05) is 20.2 Å². The van der Waals surface area contributed by atoms with Crippen LogP contribution in [0.5, 0.6) is 0 Å². The monoisotopic (exact) mass is 316 g/mol. The summed E-state index contributed by atoms with van der Waals surface area (Å²) in [4.78, 5) is 14.5. The number of carbonyl (C=O) groups is 1. The summed E-state index contributed by atoms with van der Waals surface area (Å²) in [6.45, 7) is 1.20. The van der Waals surface area contributed by atoms with Crippen molar-refractivity contribution in [3.63, 3.8) is 0 Å². The number of nitrogens with zero attached hydrogens (tertiary/aromatic N) is 3. The van der Waals surface area contributed by atoms with Gasteiger partial charge in [-0.1, -0.05) is 18.2 Å². The lowest BCUT2D eigenvalue weighted by Gasteiger charge is -2.38. The number of aromatic nitrogens is 3. The van der Waals surface area contributed by atoms with Crippen molar-refractivity contribution in [3.8, 4) is 0 Å². The third kappa shape index (κ3) is 3.11. The van der Waals surface area contributed by atoms with E-state index in [0.29, 0.717) is 37.3 Å². The van der Waals surface area contributed by atoms with Gasteiger partial charge >= 0.3 is 0 Å². The zero-order chi connectivity index (χ0) is 16.3. The van der Waals surface area contributed by atoms with Gasteiger partial charge in [-0.3, -0.25) is 4.79 Å². The number of piperidine rings is 1. The van der Waals surface area contributed by atoms with E-state index in [2.05, 4.69) is 15.4 Å². The Hall–Kier alpha value is -2.25. The molecule has 2 N–H and O–H groups in total. The average molecular weight is 316 g/mol. The summed E-state index contributed by atoms with van der Waals surface area (Å²) >= 11 is 0. The van der Waals surface area contributed by atoms with Crippen molar-refractivity contribution < 1.29 is 14.6 Å². The van der Waals surface area contributed by atoms with E-state index < -0.39 is 5.60 Å². The molecule has 0 aliphatic carbocycles. The zero-order valence-electron chi connectivity index (χ0n) is 13.0. The molecule has 1 aromatic carbocycles. The maximum absolute atomic E-state index is 12.9. The van der Waals surface area contributed by atoms with Gasteiger partial charge in [-0.05, 0) is 24.5 Å². The van der Waals surface area contributed by atoms with E-state index in [1.54, 1.807) is 18.1 Å². The summed E-state index contributed by atoms with van der Waals surface area (Å²) in [6.07, 6.45) is 2.78. The molecule has 1 fully saturated rings. The van der Waals surface area contributed by atoms with E-state index in [-0.39, 0.29) is 12.5 Å². The van der Waals surface area contributed by atoms with Crippen LogP contribution >= 0.6 is 0 Å². The van der Waals surface area contributed by atoms with Crippen molar-refractivity contribution in [2.24, 2.45) is 0 Å². The van der Waals surface area contributed by atoms with Crippen LogP contribution in [0.4, 0.5) is 0 Å². The number of amides is 1. The third-order valence-electron chi connectivity index (χ3n) is 4.20. The topological polar surface area (TPSA) is 91.3 Å². The zero-order valence-corrected chi connectivity index (χ0v) is 13.0. The van der Waals surface area contributed by atoms with E-state index in [4.69, 9.17) is 4.74 Å². The first-order valence-corrected chi connectivity index (χ1v) is 7.59. The normalized spacial score (nSPS) is 21.4. The van der Waals surface area contributed by atoms with E-state index in [0.717, 1.165) is 5.56 Å². The molecule has 1 saturated heterocycles. The van der Waals surface area contributed by atoms with Crippen LogP contribution in [0.3, 0.4) is 0 Å². The number of methoxy groups -OCH3 is 1. The van der Waals surface area contributed by atoms with Gasteiger partial charge < -0.3 is 14.7 Å². The quantitative estimate of drug-likeness (QED) is 0.880. The number of aromatic amines is 1. The number of ether oxygens (including phenoxy) is 1. The minimum Gasteiger partial charge on any atom is -0.382 e. The van der Waals surface area contributed by atoms with Gasteiger partial charge in [-0.15, -0.1) is 0 Å². The summed E-state index contributed by atoms with van der Waals surface area (Å²) in [5, 5.41) is 21.1. The first-order chi connectivity index (χ1) is 11.1. The molecule has 0 unspecified atom stereocenters. The predicted molar refractivity (Wildman–Crippen MR) is 82.6 cm³/mol. The van der Waals surface area contributed by atoms with Crippen molar-refractivity contribution in [1.29, 1.82) is 0 Å². The van der Waals surface area contributed by atoms with Crippen LogP contribution in [-0.4, -0.2) is 51.5 Å². The Morgan fingerprint density at radius 2 is 2.30 bits per heavy atom. The number of benzene rings is 1. The Bertz CT molecular complexity index is 674. The number of rotatable bonds is 4. The fraction of sp³-hybridized carbons (Fsp3) is 0.438. The van der Waals surface area contributed by atoms with E-state index >= 15 is 0 Å². The summed E-state index contributed by atoms with van der Waals surface area (Å²) in [6, 6.07) is 7.39. The lowest BCUT2D eigenvalue weighted by molar-refractivity contribution is -0.0321. The van der Waals surface area contributed by atoms with Crippen LogP contribution in [-0.2, 0) is 16.9 Å². The molecule has 1 amide bonds. The summed E-state index contributed by atoms with van der Waals surface area (Å²) < 4.78 is 5.16. The Labute approximate surface area is 134 Å². The number of aliphatic hydroxyl groups is 1. The van der Waals surface area contributed by atoms with E-state index in [1.807, 2.05) is 18.2 Å². The Morgan fingerprint density at radius 3 is 3.04 bits per heavy atom.